The highest BCUT2D eigenvalue weighted by atomic mass is 16.3. The largest absolute Gasteiger partial charge is 0.389 e. The van der Waals surface area contributed by atoms with Gasteiger partial charge in [0.2, 0.25) is 0 Å². The van der Waals surface area contributed by atoms with Crippen LogP contribution in [0.4, 0.5) is 0 Å². The van der Waals surface area contributed by atoms with Crippen molar-refractivity contribution < 1.29 is 5.11 Å². The third-order valence-electron chi connectivity index (χ3n) is 3.28. The van der Waals surface area contributed by atoms with Crippen LogP contribution < -0.4 is 0 Å². The molecule has 1 aliphatic rings. The van der Waals surface area contributed by atoms with Gasteiger partial charge in [0.25, 0.3) is 0 Å². The molecule has 0 amide bonds. The lowest BCUT2D eigenvalue weighted by atomic mass is 9.68. The van der Waals surface area contributed by atoms with Crippen LogP contribution in [0, 0.1) is 11.3 Å². The standard InChI is InChI=1S/C11H20O/c1-5-9-6-10(12)7-11(3,4)8(9)2/h6,8,10,12H,5,7H2,1-4H3. The zero-order valence-electron chi connectivity index (χ0n) is 8.59. The average Bonchev–Trinajstić information content (AvgIpc) is 1.96. The van der Waals surface area contributed by atoms with E-state index in [1.54, 1.807) is 0 Å². The highest BCUT2D eigenvalue weighted by Gasteiger charge is 2.33. The van der Waals surface area contributed by atoms with Gasteiger partial charge in [-0.2, -0.15) is 0 Å². The summed E-state index contributed by atoms with van der Waals surface area (Å²) < 4.78 is 0. The van der Waals surface area contributed by atoms with Crippen LogP contribution >= 0.6 is 0 Å². The van der Waals surface area contributed by atoms with Crippen molar-refractivity contribution in [3.63, 3.8) is 0 Å². The van der Waals surface area contributed by atoms with E-state index in [0.717, 1.165) is 12.8 Å². The number of aliphatic hydroxyl groups is 1. The maximum Gasteiger partial charge on any atom is 0.0728 e. The van der Waals surface area contributed by atoms with Crippen LogP contribution in [0.25, 0.3) is 0 Å². The zero-order chi connectivity index (χ0) is 9.35. The van der Waals surface area contributed by atoms with Gasteiger partial charge in [0.05, 0.1) is 6.10 Å². The molecular weight excluding hydrogens is 148 g/mol. The van der Waals surface area contributed by atoms with E-state index in [4.69, 9.17) is 0 Å². The summed E-state index contributed by atoms with van der Waals surface area (Å²) in [5.74, 6) is 0.617. The Morgan fingerprint density at radius 1 is 1.58 bits per heavy atom. The van der Waals surface area contributed by atoms with Gasteiger partial charge in [-0.1, -0.05) is 39.3 Å². The minimum absolute atomic E-state index is 0.217. The molecule has 1 aliphatic carbocycles. The van der Waals surface area contributed by atoms with Crippen molar-refractivity contribution in [3.8, 4) is 0 Å². The molecule has 70 valence electrons. The van der Waals surface area contributed by atoms with Crippen LogP contribution in [0.1, 0.15) is 40.5 Å². The Morgan fingerprint density at radius 3 is 2.67 bits per heavy atom. The van der Waals surface area contributed by atoms with Crippen molar-refractivity contribution in [2.24, 2.45) is 11.3 Å². The Kier molecular flexibility index (Phi) is 2.62. The second-order valence-electron chi connectivity index (χ2n) is 4.58. The molecule has 0 heterocycles. The molecule has 1 N–H and O–H groups in total. The second-order valence-corrected chi connectivity index (χ2v) is 4.58. The van der Waals surface area contributed by atoms with E-state index in [1.807, 2.05) is 6.08 Å². The molecule has 0 radical (unpaired) electrons. The Bertz CT molecular complexity index is 191. The average molecular weight is 168 g/mol. The fraction of sp³-hybridized carbons (Fsp3) is 0.818. The second kappa shape index (κ2) is 3.21. The van der Waals surface area contributed by atoms with Gasteiger partial charge in [-0.3, -0.25) is 0 Å². The van der Waals surface area contributed by atoms with Crippen molar-refractivity contribution in [2.75, 3.05) is 0 Å². The minimum atomic E-state index is -0.217. The fourth-order valence-electron chi connectivity index (χ4n) is 2.09. The van der Waals surface area contributed by atoms with Crippen LogP contribution in [0.15, 0.2) is 11.6 Å². The lowest BCUT2D eigenvalue weighted by Crippen LogP contribution is -2.32. The summed E-state index contributed by atoms with van der Waals surface area (Å²) in [7, 11) is 0. The highest BCUT2D eigenvalue weighted by molar-refractivity contribution is 5.16. The Labute approximate surface area is 75.5 Å². The monoisotopic (exact) mass is 168 g/mol. The summed E-state index contributed by atoms with van der Waals surface area (Å²) in [6.45, 7) is 8.91. The van der Waals surface area contributed by atoms with Gasteiger partial charge in [0.15, 0.2) is 0 Å². The summed E-state index contributed by atoms with van der Waals surface area (Å²) in [6, 6.07) is 0. The molecule has 0 aromatic rings. The van der Waals surface area contributed by atoms with E-state index in [0.29, 0.717) is 5.92 Å². The first-order valence-electron chi connectivity index (χ1n) is 4.86. The van der Waals surface area contributed by atoms with Gasteiger partial charge >= 0.3 is 0 Å². The van der Waals surface area contributed by atoms with Gasteiger partial charge in [-0.15, -0.1) is 0 Å². The van der Waals surface area contributed by atoms with Crippen molar-refractivity contribution in [2.45, 2.75) is 46.6 Å². The van der Waals surface area contributed by atoms with E-state index in [2.05, 4.69) is 27.7 Å². The first kappa shape index (κ1) is 9.79. The van der Waals surface area contributed by atoms with Crippen molar-refractivity contribution in [1.29, 1.82) is 0 Å². The predicted molar refractivity (Wildman–Crippen MR) is 51.9 cm³/mol. The molecule has 1 rings (SSSR count). The van der Waals surface area contributed by atoms with E-state index < -0.39 is 0 Å². The van der Waals surface area contributed by atoms with E-state index in [9.17, 15) is 5.11 Å². The van der Waals surface area contributed by atoms with Crippen LogP contribution in [0.2, 0.25) is 0 Å². The topological polar surface area (TPSA) is 20.2 Å². The fourth-order valence-corrected chi connectivity index (χ4v) is 2.09. The Hall–Kier alpha value is -0.300. The molecule has 1 nitrogen and oxygen atoms in total. The smallest absolute Gasteiger partial charge is 0.0728 e. The SMILES string of the molecule is CCC1=CC(O)CC(C)(C)C1C. The van der Waals surface area contributed by atoms with Gasteiger partial charge in [-0.25, -0.2) is 0 Å². The first-order valence-corrected chi connectivity index (χ1v) is 4.86. The number of hydrogen-bond acceptors (Lipinski definition) is 1. The number of hydrogen-bond donors (Lipinski definition) is 1. The van der Waals surface area contributed by atoms with Gasteiger partial charge in [-0.05, 0) is 24.2 Å². The molecule has 2 unspecified atom stereocenters. The zero-order valence-corrected chi connectivity index (χ0v) is 8.59. The summed E-state index contributed by atoms with van der Waals surface area (Å²) in [5, 5.41) is 9.59. The van der Waals surface area contributed by atoms with Crippen LogP contribution in [0.5, 0.6) is 0 Å². The molecule has 0 aromatic heterocycles. The number of aliphatic hydroxyl groups excluding tert-OH is 1. The molecule has 1 heteroatoms. The maximum absolute atomic E-state index is 9.59. The van der Waals surface area contributed by atoms with E-state index in [-0.39, 0.29) is 11.5 Å². The Morgan fingerprint density at radius 2 is 2.17 bits per heavy atom. The van der Waals surface area contributed by atoms with Crippen molar-refractivity contribution >= 4 is 0 Å². The molecule has 0 aliphatic heterocycles. The van der Waals surface area contributed by atoms with Crippen molar-refractivity contribution in [1.82, 2.24) is 0 Å². The molecule has 0 spiro atoms. The van der Waals surface area contributed by atoms with Crippen LogP contribution in [-0.2, 0) is 0 Å². The van der Waals surface area contributed by atoms with Crippen LogP contribution in [0.3, 0.4) is 0 Å². The summed E-state index contributed by atoms with van der Waals surface area (Å²) >= 11 is 0. The van der Waals surface area contributed by atoms with E-state index >= 15 is 0 Å². The molecule has 0 fully saturated rings. The molecule has 0 saturated heterocycles. The van der Waals surface area contributed by atoms with Gasteiger partial charge in [0, 0.05) is 0 Å². The summed E-state index contributed by atoms with van der Waals surface area (Å²) in [4.78, 5) is 0. The minimum Gasteiger partial charge on any atom is -0.389 e. The highest BCUT2D eigenvalue weighted by Crippen LogP contribution is 2.41. The third-order valence-corrected chi connectivity index (χ3v) is 3.28. The van der Waals surface area contributed by atoms with Crippen molar-refractivity contribution in [3.05, 3.63) is 11.6 Å². The predicted octanol–water partition coefficient (Wildman–Crippen LogP) is 2.75. The third kappa shape index (κ3) is 1.71. The van der Waals surface area contributed by atoms with E-state index in [1.165, 1.54) is 5.57 Å². The van der Waals surface area contributed by atoms with Crippen LogP contribution in [-0.4, -0.2) is 11.2 Å². The molecule has 0 aromatic carbocycles. The normalized spacial score (nSPS) is 34.6. The molecule has 12 heavy (non-hydrogen) atoms. The lowest BCUT2D eigenvalue weighted by molar-refractivity contribution is 0.107. The lowest BCUT2D eigenvalue weighted by Gasteiger charge is -2.39. The molecule has 2 atom stereocenters. The quantitative estimate of drug-likeness (QED) is 0.597. The van der Waals surface area contributed by atoms with Gasteiger partial charge in [0.1, 0.15) is 0 Å². The maximum atomic E-state index is 9.59. The Balaban J connectivity index is 2.87. The number of rotatable bonds is 1. The molecule has 0 bridgehead atoms. The summed E-state index contributed by atoms with van der Waals surface area (Å²) in [5.41, 5.74) is 1.68. The summed E-state index contributed by atoms with van der Waals surface area (Å²) in [6.07, 6.45) is 3.79. The molecule has 0 saturated carbocycles. The van der Waals surface area contributed by atoms with Gasteiger partial charge < -0.3 is 5.11 Å². The first-order chi connectivity index (χ1) is 5.47. The molecular formula is C11H20O. The number of allylic oxidation sites excluding steroid dienone is 1.